The summed E-state index contributed by atoms with van der Waals surface area (Å²) in [5.41, 5.74) is 0.111. The second-order valence-electron chi connectivity index (χ2n) is 6.61. The van der Waals surface area contributed by atoms with Gasteiger partial charge in [-0.15, -0.1) is 0 Å². The molecule has 1 amide bonds. The topological polar surface area (TPSA) is 50.8 Å². The summed E-state index contributed by atoms with van der Waals surface area (Å²) in [5, 5.41) is 3.00. The van der Waals surface area contributed by atoms with Gasteiger partial charge in [0.25, 0.3) is 5.91 Å². The van der Waals surface area contributed by atoms with Gasteiger partial charge in [0.1, 0.15) is 18.0 Å². The number of carbonyl (C=O) groups excluding carboxylic acids is 1. The highest BCUT2D eigenvalue weighted by molar-refractivity contribution is 5.97. The summed E-state index contributed by atoms with van der Waals surface area (Å²) >= 11 is 0. The fourth-order valence-electron chi connectivity index (χ4n) is 3.36. The SMILES string of the molecule is CCN(CC)CCOc1ccc(NC(=O)C2(OC)CCCCC2)cc1. The molecule has 0 heterocycles. The van der Waals surface area contributed by atoms with E-state index in [2.05, 4.69) is 24.1 Å². The summed E-state index contributed by atoms with van der Waals surface area (Å²) in [6.07, 6.45) is 4.85. The number of hydrogen-bond acceptors (Lipinski definition) is 4. The van der Waals surface area contributed by atoms with Crippen molar-refractivity contribution in [2.24, 2.45) is 0 Å². The number of nitrogens with zero attached hydrogens (tertiary/aromatic N) is 1. The Hall–Kier alpha value is -1.59. The van der Waals surface area contributed by atoms with Gasteiger partial charge in [-0.05, 0) is 50.2 Å². The van der Waals surface area contributed by atoms with Crippen LogP contribution in [0, 0.1) is 0 Å². The van der Waals surface area contributed by atoms with Crippen LogP contribution in [0.5, 0.6) is 5.75 Å². The summed E-state index contributed by atoms with van der Waals surface area (Å²) in [5.74, 6) is 0.786. The predicted octanol–water partition coefficient (Wildman–Crippen LogP) is 3.70. The highest BCUT2D eigenvalue weighted by Crippen LogP contribution is 2.32. The van der Waals surface area contributed by atoms with Gasteiger partial charge in [0, 0.05) is 19.3 Å². The quantitative estimate of drug-likeness (QED) is 0.739. The number of nitrogens with one attached hydrogen (secondary N) is 1. The first-order chi connectivity index (χ1) is 12.1. The van der Waals surface area contributed by atoms with Crippen LogP contribution < -0.4 is 10.1 Å². The molecule has 0 bridgehead atoms. The molecule has 1 aliphatic rings. The summed E-state index contributed by atoms with van der Waals surface area (Å²) in [7, 11) is 1.64. The molecule has 0 aromatic heterocycles. The van der Waals surface area contributed by atoms with E-state index in [-0.39, 0.29) is 5.91 Å². The molecular formula is C20H32N2O3. The van der Waals surface area contributed by atoms with Crippen molar-refractivity contribution in [3.05, 3.63) is 24.3 Å². The van der Waals surface area contributed by atoms with E-state index in [1.54, 1.807) is 7.11 Å². The molecule has 1 saturated carbocycles. The van der Waals surface area contributed by atoms with Crippen LogP contribution in [0.3, 0.4) is 0 Å². The van der Waals surface area contributed by atoms with Crippen LogP contribution in [-0.4, -0.2) is 49.8 Å². The smallest absolute Gasteiger partial charge is 0.256 e. The molecule has 1 aliphatic carbocycles. The van der Waals surface area contributed by atoms with E-state index in [1.165, 1.54) is 6.42 Å². The monoisotopic (exact) mass is 348 g/mol. The zero-order chi connectivity index (χ0) is 18.1. The molecule has 0 spiro atoms. The largest absolute Gasteiger partial charge is 0.492 e. The van der Waals surface area contributed by atoms with E-state index < -0.39 is 5.60 Å². The lowest BCUT2D eigenvalue weighted by Gasteiger charge is -2.34. The van der Waals surface area contributed by atoms with Gasteiger partial charge in [0.2, 0.25) is 0 Å². The Balaban J connectivity index is 1.86. The lowest BCUT2D eigenvalue weighted by Crippen LogP contribution is -2.46. The van der Waals surface area contributed by atoms with Crippen molar-refractivity contribution in [1.29, 1.82) is 0 Å². The van der Waals surface area contributed by atoms with Gasteiger partial charge in [-0.2, -0.15) is 0 Å². The van der Waals surface area contributed by atoms with Crippen LogP contribution in [-0.2, 0) is 9.53 Å². The Bertz CT molecular complexity index is 520. The first kappa shape index (κ1) is 19.7. The number of amides is 1. The summed E-state index contributed by atoms with van der Waals surface area (Å²) < 4.78 is 11.4. The minimum Gasteiger partial charge on any atom is -0.492 e. The van der Waals surface area contributed by atoms with Crippen molar-refractivity contribution in [2.45, 2.75) is 51.6 Å². The number of hydrogen-bond donors (Lipinski definition) is 1. The first-order valence-corrected chi connectivity index (χ1v) is 9.45. The van der Waals surface area contributed by atoms with Gasteiger partial charge < -0.3 is 19.7 Å². The maximum atomic E-state index is 12.6. The molecule has 0 saturated heterocycles. The average Bonchev–Trinajstić information content (AvgIpc) is 2.67. The normalized spacial score (nSPS) is 16.6. The Labute approximate surface area is 151 Å². The minimum atomic E-state index is -0.669. The fourth-order valence-corrected chi connectivity index (χ4v) is 3.36. The Kier molecular flexibility index (Phi) is 7.72. The summed E-state index contributed by atoms with van der Waals surface area (Å²) in [6.45, 7) is 7.96. The molecule has 0 aliphatic heterocycles. The van der Waals surface area contributed by atoms with Crippen LogP contribution in [0.1, 0.15) is 46.0 Å². The third-order valence-electron chi connectivity index (χ3n) is 5.15. The molecule has 2 rings (SSSR count). The van der Waals surface area contributed by atoms with E-state index in [1.807, 2.05) is 24.3 Å². The van der Waals surface area contributed by atoms with Crippen molar-refractivity contribution < 1.29 is 14.3 Å². The molecule has 1 fully saturated rings. The number of carbonyl (C=O) groups is 1. The van der Waals surface area contributed by atoms with Crippen LogP contribution in [0.2, 0.25) is 0 Å². The number of ether oxygens (including phenoxy) is 2. The van der Waals surface area contributed by atoms with Crippen molar-refractivity contribution in [2.75, 3.05) is 38.7 Å². The van der Waals surface area contributed by atoms with Gasteiger partial charge in [-0.25, -0.2) is 0 Å². The molecular weight excluding hydrogens is 316 g/mol. The van der Waals surface area contributed by atoms with Gasteiger partial charge >= 0.3 is 0 Å². The third-order valence-corrected chi connectivity index (χ3v) is 5.15. The van der Waals surface area contributed by atoms with Gasteiger partial charge in [-0.1, -0.05) is 33.1 Å². The molecule has 1 N–H and O–H groups in total. The Morgan fingerprint density at radius 2 is 1.76 bits per heavy atom. The fraction of sp³-hybridized carbons (Fsp3) is 0.650. The van der Waals surface area contributed by atoms with Gasteiger partial charge in [-0.3, -0.25) is 4.79 Å². The maximum absolute atomic E-state index is 12.6. The van der Waals surface area contributed by atoms with E-state index in [0.717, 1.165) is 56.8 Å². The van der Waals surface area contributed by atoms with Crippen LogP contribution >= 0.6 is 0 Å². The van der Waals surface area contributed by atoms with Crippen molar-refractivity contribution in [3.8, 4) is 5.75 Å². The van der Waals surface area contributed by atoms with Crippen LogP contribution in [0.4, 0.5) is 5.69 Å². The molecule has 25 heavy (non-hydrogen) atoms. The van der Waals surface area contributed by atoms with Crippen molar-refractivity contribution in [1.82, 2.24) is 4.90 Å². The highest BCUT2D eigenvalue weighted by atomic mass is 16.5. The van der Waals surface area contributed by atoms with Gasteiger partial charge in [0.05, 0.1) is 0 Å². The van der Waals surface area contributed by atoms with E-state index in [0.29, 0.717) is 6.61 Å². The second-order valence-corrected chi connectivity index (χ2v) is 6.61. The number of likely N-dealkylation sites (N-methyl/N-ethyl adjacent to an activating group) is 1. The summed E-state index contributed by atoms with van der Waals surface area (Å²) in [4.78, 5) is 15.0. The minimum absolute atomic E-state index is 0.0371. The van der Waals surface area contributed by atoms with Crippen LogP contribution in [0.25, 0.3) is 0 Å². The third kappa shape index (κ3) is 5.44. The van der Waals surface area contributed by atoms with Gasteiger partial charge in [0.15, 0.2) is 0 Å². The van der Waals surface area contributed by atoms with Crippen LogP contribution in [0.15, 0.2) is 24.3 Å². The highest BCUT2D eigenvalue weighted by Gasteiger charge is 2.39. The van der Waals surface area contributed by atoms with E-state index >= 15 is 0 Å². The lowest BCUT2D eigenvalue weighted by atomic mass is 9.84. The maximum Gasteiger partial charge on any atom is 0.256 e. The first-order valence-electron chi connectivity index (χ1n) is 9.45. The lowest BCUT2D eigenvalue weighted by molar-refractivity contribution is -0.141. The predicted molar refractivity (Wildman–Crippen MR) is 101 cm³/mol. The van der Waals surface area contributed by atoms with E-state index in [9.17, 15) is 4.79 Å². The number of methoxy groups -OCH3 is 1. The Morgan fingerprint density at radius 1 is 1.12 bits per heavy atom. The molecule has 1 aromatic carbocycles. The molecule has 0 unspecified atom stereocenters. The molecule has 5 nitrogen and oxygen atoms in total. The molecule has 0 radical (unpaired) electrons. The van der Waals surface area contributed by atoms with Crippen molar-refractivity contribution in [3.63, 3.8) is 0 Å². The number of anilines is 1. The summed E-state index contributed by atoms with van der Waals surface area (Å²) in [6, 6.07) is 7.57. The molecule has 1 aromatic rings. The molecule has 5 heteroatoms. The Morgan fingerprint density at radius 3 is 2.32 bits per heavy atom. The zero-order valence-electron chi connectivity index (χ0n) is 15.8. The molecule has 0 atom stereocenters. The standard InChI is InChI=1S/C20H32N2O3/c1-4-22(5-2)15-16-25-18-11-9-17(10-12-18)21-19(23)20(24-3)13-7-6-8-14-20/h9-12H,4-8,13-16H2,1-3H3,(H,21,23). The average molecular weight is 348 g/mol. The number of rotatable bonds is 9. The number of benzene rings is 1. The van der Waals surface area contributed by atoms with E-state index in [4.69, 9.17) is 9.47 Å². The zero-order valence-corrected chi connectivity index (χ0v) is 15.8. The van der Waals surface area contributed by atoms with Crippen molar-refractivity contribution >= 4 is 11.6 Å². The second kappa shape index (κ2) is 9.78. The molecule has 140 valence electrons.